The van der Waals surface area contributed by atoms with E-state index in [2.05, 4.69) is 42.0 Å². The molecule has 0 unspecified atom stereocenters. The van der Waals surface area contributed by atoms with Gasteiger partial charge in [0, 0.05) is 24.4 Å². The lowest BCUT2D eigenvalue weighted by Gasteiger charge is -2.13. The van der Waals surface area contributed by atoms with Crippen LogP contribution in [0.5, 0.6) is 5.75 Å². The Hall–Kier alpha value is -4.63. The van der Waals surface area contributed by atoms with Crippen molar-refractivity contribution in [1.29, 1.82) is 0 Å². The Morgan fingerprint density at radius 3 is 2.81 bits per heavy atom. The van der Waals surface area contributed by atoms with E-state index in [1.54, 1.807) is 10.6 Å². The Kier molecular flexibility index (Phi) is 5.24. The summed E-state index contributed by atoms with van der Waals surface area (Å²) in [5.41, 5.74) is 4.73. The topological polar surface area (TPSA) is 158 Å². The molecule has 0 spiro atoms. The highest BCUT2D eigenvalue weighted by atomic mass is 19.1. The molecule has 0 bridgehead atoms. The highest BCUT2D eigenvalue weighted by molar-refractivity contribution is 5.97. The van der Waals surface area contributed by atoms with Gasteiger partial charge in [0.1, 0.15) is 35.5 Å². The summed E-state index contributed by atoms with van der Waals surface area (Å²) in [6.07, 6.45) is 5.02. The third-order valence-corrected chi connectivity index (χ3v) is 6.20. The second-order valence-corrected chi connectivity index (χ2v) is 9.04. The van der Waals surface area contributed by atoms with Crippen molar-refractivity contribution in [2.45, 2.75) is 37.8 Å². The Morgan fingerprint density at radius 2 is 2.08 bits per heavy atom. The summed E-state index contributed by atoms with van der Waals surface area (Å²) >= 11 is 0. The van der Waals surface area contributed by atoms with Crippen LogP contribution in [-0.2, 0) is 12.1 Å². The summed E-state index contributed by atoms with van der Waals surface area (Å²) in [4.78, 5) is 29.5. The minimum atomic E-state index is -1.72. The minimum Gasteiger partial charge on any atom is -0.491 e. The number of imidazole rings is 1. The molecule has 6 rings (SSSR count). The van der Waals surface area contributed by atoms with Crippen molar-refractivity contribution in [3.63, 3.8) is 0 Å². The van der Waals surface area contributed by atoms with Crippen molar-refractivity contribution in [2.75, 3.05) is 6.61 Å². The summed E-state index contributed by atoms with van der Waals surface area (Å²) in [5, 5.41) is 18.0. The molecule has 11 nitrogen and oxygen atoms in total. The predicted molar refractivity (Wildman–Crippen MR) is 127 cm³/mol. The van der Waals surface area contributed by atoms with Crippen LogP contribution in [0, 0.1) is 17.7 Å². The zero-order valence-electron chi connectivity index (χ0n) is 19.7. The van der Waals surface area contributed by atoms with Crippen molar-refractivity contribution in [1.82, 2.24) is 34.7 Å². The molecule has 1 aliphatic heterocycles. The van der Waals surface area contributed by atoms with Crippen LogP contribution >= 0.6 is 0 Å². The monoisotopic (exact) mass is 500 g/mol. The fourth-order valence-corrected chi connectivity index (χ4v) is 4.18. The van der Waals surface area contributed by atoms with Crippen LogP contribution in [0.2, 0.25) is 0 Å². The van der Waals surface area contributed by atoms with Crippen molar-refractivity contribution >= 4 is 5.91 Å². The summed E-state index contributed by atoms with van der Waals surface area (Å²) in [5.74, 6) is 5.98. The number of rotatable bonds is 4. The number of hydrogen-bond acceptors (Lipinski definition) is 8. The van der Waals surface area contributed by atoms with E-state index in [9.17, 15) is 9.90 Å². The fourth-order valence-electron chi connectivity index (χ4n) is 4.18. The first-order chi connectivity index (χ1) is 17.8. The van der Waals surface area contributed by atoms with Gasteiger partial charge in [0.15, 0.2) is 22.9 Å². The number of nitrogens with zero attached hydrogens (tertiary/aromatic N) is 6. The SMILES string of the molecule is C[C@@](O)(C#Cc1cc2c(cc1F)OCCn1c-2nc(C(N)=O)c1-c1n[nH]c(C2CC2)n1)c1ncccn1. The van der Waals surface area contributed by atoms with Gasteiger partial charge in [-0.2, -0.15) is 5.10 Å². The Labute approximate surface area is 210 Å². The largest absolute Gasteiger partial charge is 0.491 e. The van der Waals surface area contributed by atoms with Crippen molar-refractivity contribution in [3.05, 3.63) is 59.3 Å². The Morgan fingerprint density at radius 1 is 1.30 bits per heavy atom. The molecule has 1 aromatic carbocycles. The van der Waals surface area contributed by atoms with E-state index in [-0.39, 0.29) is 29.4 Å². The number of nitrogens with two attached hydrogens (primary N) is 1. The zero-order chi connectivity index (χ0) is 25.7. The van der Waals surface area contributed by atoms with Crippen LogP contribution in [-0.4, -0.2) is 52.3 Å². The van der Waals surface area contributed by atoms with E-state index in [1.165, 1.54) is 31.5 Å². The predicted octanol–water partition coefficient (Wildman–Crippen LogP) is 1.89. The molecule has 4 heterocycles. The quantitative estimate of drug-likeness (QED) is 0.359. The van der Waals surface area contributed by atoms with Gasteiger partial charge in [0.2, 0.25) is 0 Å². The van der Waals surface area contributed by atoms with E-state index in [0.29, 0.717) is 35.4 Å². The normalized spacial score (nSPS) is 15.9. The molecule has 1 saturated carbocycles. The van der Waals surface area contributed by atoms with Gasteiger partial charge in [0.05, 0.1) is 17.7 Å². The van der Waals surface area contributed by atoms with Crippen molar-refractivity contribution in [3.8, 4) is 40.5 Å². The highest BCUT2D eigenvalue weighted by Gasteiger charge is 2.32. The molecule has 0 saturated heterocycles. The zero-order valence-corrected chi connectivity index (χ0v) is 19.7. The van der Waals surface area contributed by atoms with E-state index >= 15 is 4.39 Å². The molecular weight excluding hydrogens is 479 g/mol. The van der Waals surface area contributed by atoms with Crippen LogP contribution in [0.25, 0.3) is 22.9 Å². The standard InChI is InChI=1S/C25H21FN8O3/c1-25(36,24-28-7-2-8-29-24)6-5-14-11-15-17(12-16(14)26)37-10-9-34-19(18(20(27)35)30-23(15)34)22-31-21(32-33-22)13-3-4-13/h2,7-8,11-13,36H,3-4,9-10H2,1H3,(H2,27,35)(H,31,32,33)/t25-/m1/s1. The maximum absolute atomic E-state index is 15.0. The number of primary amides is 1. The lowest BCUT2D eigenvalue weighted by molar-refractivity contribution is 0.0996. The van der Waals surface area contributed by atoms with Gasteiger partial charge in [-0.05, 0) is 31.9 Å². The number of halogens is 1. The number of H-pyrrole nitrogens is 1. The lowest BCUT2D eigenvalue weighted by Crippen LogP contribution is -2.21. The van der Waals surface area contributed by atoms with Gasteiger partial charge in [-0.15, -0.1) is 0 Å². The van der Waals surface area contributed by atoms with Crippen LogP contribution in [0.15, 0.2) is 30.6 Å². The molecule has 37 heavy (non-hydrogen) atoms. The second-order valence-electron chi connectivity index (χ2n) is 9.04. The molecule has 1 amide bonds. The number of fused-ring (bicyclic) bond motifs is 3. The third kappa shape index (κ3) is 4.09. The number of amides is 1. The first-order valence-corrected chi connectivity index (χ1v) is 11.6. The summed E-state index contributed by atoms with van der Waals surface area (Å²) < 4.78 is 22.6. The first kappa shape index (κ1) is 22.8. The average molecular weight is 500 g/mol. The smallest absolute Gasteiger partial charge is 0.269 e. The van der Waals surface area contributed by atoms with Crippen LogP contribution in [0.4, 0.5) is 4.39 Å². The molecule has 186 valence electrons. The van der Waals surface area contributed by atoms with Crippen LogP contribution < -0.4 is 10.5 Å². The Bertz CT molecular complexity index is 1600. The molecule has 1 aliphatic carbocycles. The second kappa shape index (κ2) is 8.49. The molecule has 2 aliphatic rings. The van der Waals surface area contributed by atoms with Gasteiger partial charge in [0.25, 0.3) is 5.91 Å². The van der Waals surface area contributed by atoms with E-state index < -0.39 is 17.3 Å². The summed E-state index contributed by atoms with van der Waals surface area (Å²) in [7, 11) is 0. The van der Waals surface area contributed by atoms with E-state index in [0.717, 1.165) is 18.7 Å². The first-order valence-electron chi connectivity index (χ1n) is 11.6. The van der Waals surface area contributed by atoms with Crippen LogP contribution in [0.3, 0.4) is 0 Å². The number of carbonyl (C=O) groups excluding carboxylic acids is 1. The molecule has 1 atom stereocenters. The molecule has 0 radical (unpaired) electrons. The number of ether oxygens (including phenoxy) is 1. The van der Waals surface area contributed by atoms with Crippen molar-refractivity contribution < 1.29 is 19.0 Å². The number of nitrogens with one attached hydrogen (secondary N) is 1. The maximum atomic E-state index is 15.0. The number of aromatic amines is 1. The summed E-state index contributed by atoms with van der Waals surface area (Å²) in [6.45, 7) is 1.91. The van der Waals surface area contributed by atoms with Gasteiger partial charge in [-0.25, -0.2) is 24.3 Å². The number of aromatic nitrogens is 7. The van der Waals surface area contributed by atoms with E-state index in [1.807, 2.05) is 0 Å². The number of hydrogen-bond donors (Lipinski definition) is 3. The minimum absolute atomic E-state index is 0.00492. The average Bonchev–Trinajstić information content (AvgIpc) is 3.54. The number of carbonyl (C=O) groups is 1. The number of aliphatic hydroxyl groups is 1. The Balaban J connectivity index is 1.47. The fraction of sp³-hybridized carbons (Fsp3) is 0.280. The molecule has 4 aromatic rings. The molecule has 4 N–H and O–H groups in total. The molecule has 1 fully saturated rings. The molecule has 12 heteroatoms. The van der Waals surface area contributed by atoms with Crippen molar-refractivity contribution in [2.24, 2.45) is 5.73 Å². The molecule has 3 aromatic heterocycles. The molecular formula is C25H21FN8O3. The third-order valence-electron chi connectivity index (χ3n) is 6.20. The van der Waals surface area contributed by atoms with Gasteiger partial charge < -0.3 is 20.1 Å². The van der Waals surface area contributed by atoms with Crippen LogP contribution in [0.1, 0.15) is 53.4 Å². The lowest BCUT2D eigenvalue weighted by atomic mass is 10.0. The maximum Gasteiger partial charge on any atom is 0.269 e. The van der Waals surface area contributed by atoms with E-state index in [4.69, 9.17) is 10.5 Å². The number of benzene rings is 1. The van der Waals surface area contributed by atoms with Gasteiger partial charge in [-0.3, -0.25) is 9.89 Å². The van der Waals surface area contributed by atoms with Gasteiger partial charge in [-0.1, -0.05) is 11.8 Å². The summed E-state index contributed by atoms with van der Waals surface area (Å²) in [6, 6.07) is 4.28. The highest BCUT2D eigenvalue weighted by Crippen LogP contribution is 2.40. The van der Waals surface area contributed by atoms with Gasteiger partial charge >= 0.3 is 0 Å².